The number of halogens is 1. The Morgan fingerprint density at radius 2 is 2.18 bits per heavy atom. The predicted octanol–water partition coefficient (Wildman–Crippen LogP) is 2.10. The summed E-state index contributed by atoms with van der Waals surface area (Å²) in [5, 5.41) is 6.14. The van der Waals surface area contributed by atoms with Crippen LogP contribution in [0.4, 0.5) is 0 Å². The Balaban J connectivity index is 1.87. The molecule has 0 aliphatic carbocycles. The molecule has 3 aliphatic heterocycles. The first-order valence-corrected chi connectivity index (χ1v) is 8.66. The quantitative estimate of drug-likeness (QED) is 0.790. The summed E-state index contributed by atoms with van der Waals surface area (Å²) < 4.78 is 3.67. The van der Waals surface area contributed by atoms with Crippen molar-refractivity contribution in [3.05, 3.63) is 50.1 Å². The number of aryl methyl sites for hydroxylation is 1. The first-order valence-electron chi connectivity index (χ1n) is 7.87. The Morgan fingerprint density at radius 3 is 3.00 bits per heavy atom. The Morgan fingerprint density at radius 1 is 1.32 bits per heavy atom. The zero-order valence-corrected chi connectivity index (χ0v) is 14.3. The molecule has 0 bridgehead atoms. The van der Waals surface area contributed by atoms with E-state index in [1.54, 1.807) is 0 Å². The lowest BCUT2D eigenvalue weighted by molar-refractivity contribution is 0.439. The van der Waals surface area contributed by atoms with Crippen LogP contribution in [0.2, 0.25) is 0 Å². The monoisotopic (exact) mass is 355 g/mol. The highest BCUT2D eigenvalue weighted by molar-refractivity contribution is 9.10. The van der Waals surface area contributed by atoms with Gasteiger partial charge in [0.1, 0.15) is 0 Å². The van der Waals surface area contributed by atoms with E-state index in [0.29, 0.717) is 12.1 Å². The van der Waals surface area contributed by atoms with Crippen molar-refractivity contribution in [3.63, 3.8) is 0 Å². The lowest BCUT2D eigenvalue weighted by Crippen LogP contribution is -2.37. The molecule has 3 aliphatic rings. The van der Waals surface area contributed by atoms with Crippen molar-refractivity contribution in [2.45, 2.75) is 25.9 Å². The number of hydrogen-bond acceptors (Lipinski definition) is 2. The molecule has 0 spiro atoms. The minimum atomic E-state index is 0.538. The second-order valence-corrected chi connectivity index (χ2v) is 7.37. The van der Waals surface area contributed by atoms with Crippen LogP contribution in [0, 0.1) is 6.92 Å². The van der Waals surface area contributed by atoms with Gasteiger partial charge < -0.3 is 9.88 Å². The van der Waals surface area contributed by atoms with Gasteiger partial charge in [-0.2, -0.15) is 0 Å². The average Bonchev–Trinajstić information content (AvgIpc) is 3.17. The van der Waals surface area contributed by atoms with Crippen LogP contribution in [0.1, 0.15) is 35.8 Å². The summed E-state index contributed by atoms with van der Waals surface area (Å²) in [5.41, 5.74) is 5.60. The minimum Gasteiger partial charge on any atom is -0.387 e. The molecule has 1 aromatic heterocycles. The van der Waals surface area contributed by atoms with Crippen molar-refractivity contribution in [1.82, 2.24) is 14.8 Å². The van der Waals surface area contributed by atoms with Crippen molar-refractivity contribution in [3.8, 4) is 5.69 Å². The van der Waals surface area contributed by atoms with E-state index in [2.05, 4.69) is 75.0 Å². The molecule has 1 N–H and O–H groups in total. The van der Waals surface area contributed by atoms with Gasteiger partial charge in [-0.25, -0.2) is 0 Å². The third-order valence-corrected chi connectivity index (χ3v) is 6.15. The van der Waals surface area contributed by atoms with E-state index in [-0.39, 0.29) is 0 Å². The van der Waals surface area contributed by atoms with Gasteiger partial charge in [-0.1, -0.05) is 15.9 Å². The maximum Gasteiger partial charge on any atom is 0.0642 e. The molecule has 1 saturated heterocycles. The van der Waals surface area contributed by atoms with E-state index in [1.165, 1.54) is 44.1 Å². The molecule has 2 unspecified atom stereocenters. The highest BCUT2D eigenvalue weighted by atomic mass is 79.9. The molecular formula is C18H18BrN3. The molecule has 22 heavy (non-hydrogen) atoms. The number of aromatic nitrogens is 1. The van der Waals surface area contributed by atoms with Gasteiger partial charge >= 0.3 is 0 Å². The summed E-state index contributed by atoms with van der Waals surface area (Å²) in [6, 6.07) is 7.83. The smallest absolute Gasteiger partial charge is 0.0642 e. The van der Waals surface area contributed by atoms with E-state index >= 15 is 0 Å². The molecule has 4 heteroatoms. The molecule has 0 saturated carbocycles. The highest BCUT2D eigenvalue weighted by Crippen LogP contribution is 2.51. The average molecular weight is 356 g/mol. The Labute approximate surface area is 138 Å². The van der Waals surface area contributed by atoms with Crippen molar-refractivity contribution in [1.29, 1.82) is 0 Å². The van der Waals surface area contributed by atoms with Gasteiger partial charge in [0.2, 0.25) is 0 Å². The summed E-state index contributed by atoms with van der Waals surface area (Å²) in [7, 11) is 0. The summed E-state index contributed by atoms with van der Waals surface area (Å²) in [6.45, 7) is 6.62. The first-order chi connectivity index (χ1) is 10.7. The van der Waals surface area contributed by atoms with E-state index in [0.717, 1.165) is 6.54 Å². The molecule has 0 amide bonds. The summed E-state index contributed by atoms with van der Waals surface area (Å²) >= 11 is 3.62. The predicted molar refractivity (Wildman–Crippen MR) is 92.3 cm³/mol. The van der Waals surface area contributed by atoms with Gasteiger partial charge in [0.05, 0.1) is 11.4 Å². The van der Waals surface area contributed by atoms with Crippen LogP contribution < -0.4 is 15.9 Å². The maximum absolute atomic E-state index is 3.62. The summed E-state index contributed by atoms with van der Waals surface area (Å²) in [4.78, 5) is 2.58. The van der Waals surface area contributed by atoms with Gasteiger partial charge in [-0.05, 0) is 43.7 Å². The standard InChI is InChI=1S/C18H18BrN3/c1-10-7-12(3-4-14(10)19)22-15-5-6-20-8-13(15)17-11(2)21-9-16(21)18(17)22/h3-5,7-8,11,16,20H,6,9H2,1-2H3/t11-,16?,21?/m0/s1. The topological polar surface area (TPSA) is 20.0 Å². The summed E-state index contributed by atoms with van der Waals surface area (Å²) in [6.07, 6.45) is 4.53. The van der Waals surface area contributed by atoms with Crippen LogP contribution in [0.15, 0.2) is 22.7 Å². The third kappa shape index (κ3) is 1.54. The molecular weight excluding hydrogens is 338 g/mol. The molecule has 0 radical (unpaired) electrons. The van der Waals surface area contributed by atoms with Crippen LogP contribution in [0.25, 0.3) is 18.0 Å². The molecule has 2 aromatic rings. The second kappa shape index (κ2) is 4.27. The molecule has 3 nitrogen and oxygen atoms in total. The van der Waals surface area contributed by atoms with Crippen molar-refractivity contribution in [2.75, 3.05) is 13.1 Å². The third-order valence-electron chi connectivity index (χ3n) is 5.26. The van der Waals surface area contributed by atoms with E-state index in [9.17, 15) is 0 Å². The van der Waals surface area contributed by atoms with Crippen LogP contribution in [0.3, 0.4) is 0 Å². The van der Waals surface area contributed by atoms with Crippen molar-refractivity contribution >= 4 is 28.2 Å². The van der Waals surface area contributed by atoms with Gasteiger partial charge in [-0.15, -0.1) is 0 Å². The number of hydrogen-bond donors (Lipinski definition) is 1. The number of nitrogens with zero attached hydrogens (tertiary/aromatic N) is 2. The van der Waals surface area contributed by atoms with Crippen LogP contribution in [-0.2, 0) is 0 Å². The molecule has 3 atom stereocenters. The number of nitrogens with one attached hydrogen (secondary N) is 1. The first kappa shape index (κ1) is 13.0. The highest BCUT2D eigenvalue weighted by Gasteiger charge is 2.50. The van der Waals surface area contributed by atoms with Crippen LogP contribution >= 0.6 is 15.9 Å². The minimum absolute atomic E-state index is 0.538. The fourth-order valence-corrected chi connectivity index (χ4v) is 4.37. The lowest BCUT2D eigenvalue weighted by atomic mass is 10.1. The van der Waals surface area contributed by atoms with E-state index < -0.39 is 0 Å². The molecule has 1 aromatic carbocycles. The van der Waals surface area contributed by atoms with Gasteiger partial charge in [0.25, 0.3) is 0 Å². The Bertz CT molecular complexity index is 925. The molecule has 5 rings (SSSR count). The zero-order chi connectivity index (χ0) is 15.0. The Hall–Kier alpha value is -1.52. The fraction of sp³-hybridized carbons (Fsp3) is 0.333. The van der Waals surface area contributed by atoms with E-state index in [4.69, 9.17) is 0 Å². The Kier molecular flexibility index (Phi) is 2.52. The number of fused-ring (bicyclic) bond motifs is 5. The van der Waals surface area contributed by atoms with Crippen LogP contribution in [0.5, 0.6) is 0 Å². The number of benzene rings is 1. The largest absolute Gasteiger partial charge is 0.387 e. The SMILES string of the molecule is Cc1cc(-n2c3c(c4c2=CCNC=4)[C@H](C)N2CC32)ccc1Br. The van der Waals surface area contributed by atoms with Crippen molar-refractivity contribution < 1.29 is 0 Å². The van der Waals surface area contributed by atoms with Gasteiger partial charge in [0.15, 0.2) is 0 Å². The molecule has 4 heterocycles. The summed E-state index contributed by atoms with van der Waals surface area (Å²) in [5.74, 6) is 0. The zero-order valence-electron chi connectivity index (χ0n) is 12.7. The maximum atomic E-state index is 3.62. The van der Waals surface area contributed by atoms with Crippen LogP contribution in [-0.4, -0.2) is 22.6 Å². The molecule has 112 valence electrons. The lowest BCUT2D eigenvalue weighted by Gasteiger charge is -2.11. The number of rotatable bonds is 1. The van der Waals surface area contributed by atoms with Crippen molar-refractivity contribution in [2.24, 2.45) is 0 Å². The van der Waals surface area contributed by atoms with Gasteiger partial charge in [-0.3, -0.25) is 4.90 Å². The van der Waals surface area contributed by atoms with E-state index in [1.807, 2.05) is 0 Å². The fourth-order valence-electron chi connectivity index (χ4n) is 4.12. The normalized spacial score (nSPS) is 27.1. The molecule has 1 fully saturated rings. The van der Waals surface area contributed by atoms with Gasteiger partial charge in [0, 0.05) is 52.0 Å². The second-order valence-electron chi connectivity index (χ2n) is 6.51.